The van der Waals surface area contributed by atoms with Gasteiger partial charge >= 0.3 is 5.97 Å². The van der Waals surface area contributed by atoms with Crippen LogP contribution < -0.4 is 0 Å². The summed E-state index contributed by atoms with van der Waals surface area (Å²) in [6.07, 6.45) is 0. The van der Waals surface area contributed by atoms with Crippen LogP contribution in [0.1, 0.15) is 18.4 Å². The van der Waals surface area contributed by atoms with Crippen molar-refractivity contribution in [1.82, 2.24) is 0 Å². The zero-order valence-corrected chi connectivity index (χ0v) is 8.84. The van der Waals surface area contributed by atoms with Crippen LogP contribution in [-0.4, -0.2) is 18.4 Å². The first kappa shape index (κ1) is 11.9. The van der Waals surface area contributed by atoms with E-state index in [9.17, 15) is 9.59 Å². The third-order valence-corrected chi connectivity index (χ3v) is 2.00. The molecule has 1 atom stereocenters. The number of benzene rings is 1. The number of hydrogen-bond donors (Lipinski definition) is 0. The maximum absolute atomic E-state index is 11.6. The highest BCUT2D eigenvalue weighted by atomic mass is 16.5. The Morgan fingerprint density at radius 1 is 1.38 bits per heavy atom. The first-order valence-corrected chi connectivity index (χ1v) is 4.86. The van der Waals surface area contributed by atoms with Crippen molar-refractivity contribution in [2.45, 2.75) is 12.8 Å². The van der Waals surface area contributed by atoms with E-state index < -0.39 is 17.7 Å². The van der Waals surface area contributed by atoms with Crippen LogP contribution in [0.15, 0.2) is 30.3 Å². The van der Waals surface area contributed by atoms with Gasteiger partial charge in [-0.3, -0.25) is 4.79 Å². The fourth-order valence-corrected chi connectivity index (χ4v) is 1.25. The first-order chi connectivity index (χ1) is 7.70. The zero-order valence-electron chi connectivity index (χ0n) is 8.84. The van der Waals surface area contributed by atoms with Crippen LogP contribution in [0.3, 0.4) is 0 Å². The van der Waals surface area contributed by atoms with Crippen LogP contribution in [-0.2, 0) is 14.3 Å². The number of carbonyl (C=O) groups excluding carboxylic acids is 2. The Kier molecular flexibility index (Phi) is 4.22. The molecular formula is C12H11NO3. The number of hydrogen-bond acceptors (Lipinski definition) is 4. The smallest absolute Gasteiger partial charge is 0.376 e. The van der Waals surface area contributed by atoms with Crippen LogP contribution in [0, 0.1) is 11.3 Å². The van der Waals surface area contributed by atoms with Crippen molar-refractivity contribution in [1.29, 1.82) is 5.26 Å². The third kappa shape index (κ3) is 2.67. The summed E-state index contributed by atoms with van der Waals surface area (Å²) in [4.78, 5) is 22.8. The van der Waals surface area contributed by atoms with E-state index in [-0.39, 0.29) is 6.61 Å². The predicted molar refractivity (Wildman–Crippen MR) is 56.4 cm³/mol. The number of esters is 1. The number of ether oxygens (including phenoxy) is 1. The summed E-state index contributed by atoms with van der Waals surface area (Å²) in [5.41, 5.74) is 0.503. The Labute approximate surface area is 93.5 Å². The molecule has 0 fully saturated rings. The van der Waals surface area contributed by atoms with Crippen LogP contribution in [0.25, 0.3) is 0 Å². The highest BCUT2D eigenvalue weighted by molar-refractivity contribution is 6.36. The molecule has 0 aliphatic carbocycles. The van der Waals surface area contributed by atoms with E-state index in [0.717, 1.165) is 0 Å². The van der Waals surface area contributed by atoms with Crippen molar-refractivity contribution >= 4 is 11.8 Å². The SMILES string of the molecule is CCOC(=O)C(=O)[C@H](C#N)c1ccccc1. The van der Waals surface area contributed by atoms with Crippen LogP contribution in [0.2, 0.25) is 0 Å². The van der Waals surface area contributed by atoms with E-state index in [2.05, 4.69) is 4.74 Å². The molecule has 4 nitrogen and oxygen atoms in total. The number of rotatable bonds is 4. The highest BCUT2D eigenvalue weighted by Gasteiger charge is 2.27. The molecule has 0 amide bonds. The molecule has 0 spiro atoms. The summed E-state index contributed by atoms with van der Waals surface area (Å²) in [7, 11) is 0. The topological polar surface area (TPSA) is 67.2 Å². The van der Waals surface area contributed by atoms with E-state index in [1.165, 1.54) is 0 Å². The van der Waals surface area contributed by atoms with Gasteiger partial charge in [-0.25, -0.2) is 4.79 Å². The van der Waals surface area contributed by atoms with Gasteiger partial charge in [0.1, 0.15) is 5.92 Å². The highest BCUT2D eigenvalue weighted by Crippen LogP contribution is 2.16. The summed E-state index contributed by atoms with van der Waals surface area (Å²) in [5.74, 6) is -2.87. The monoisotopic (exact) mass is 217 g/mol. The van der Waals surface area contributed by atoms with E-state index in [0.29, 0.717) is 5.56 Å². The van der Waals surface area contributed by atoms with Gasteiger partial charge in [0.25, 0.3) is 5.78 Å². The molecule has 1 rings (SSSR count). The van der Waals surface area contributed by atoms with Crippen molar-refractivity contribution < 1.29 is 14.3 Å². The van der Waals surface area contributed by atoms with Gasteiger partial charge in [0.15, 0.2) is 0 Å². The lowest BCUT2D eigenvalue weighted by molar-refractivity contribution is -0.153. The minimum atomic E-state index is -1.08. The molecule has 0 saturated carbocycles. The number of nitrogens with zero attached hydrogens (tertiary/aromatic N) is 1. The second kappa shape index (κ2) is 5.66. The second-order valence-corrected chi connectivity index (χ2v) is 3.06. The van der Waals surface area contributed by atoms with Crippen molar-refractivity contribution in [3.05, 3.63) is 35.9 Å². The normalized spacial score (nSPS) is 11.2. The molecule has 0 unspecified atom stereocenters. The Morgan fingerprint density at radius 2 is 2.00 bits per heavy atom. The Bertz CT molecular complexity index is 420. The Balaban J connectivity index is 2.89. The maximum atomic E-state index is 11.6. The number of nitriles is 1. The van der Waals surface area contributed by atoms with E-state index in [1.54, 1.807) is 37.3 Å². The second-order valence-electron chi connectivity index (χ2n) is 3.06. The average Bonchev–Trinajstić information content (AvgIpc) is 2.31. The van der Waals surface area contributed by atoms with Gasteiger partial charge in [-0.1, -0.05) is 30.3 Å². The third-order valence-electron chi connectivity index (χ3n) is 2.00. The summed E-state index contributed by atoms with van der Waals surface area (Å²) in [6.45, 7) is 1.73. The van der Waals surface area contributed by atoms with Crippen LogP contribution in [0.4, 0.5) is 0 Å². The van der Waals surface area contributed by atoms with E-state index in [4.69, 9.17) is 5.26 Å². The van der Waals surface area contributed by atoms with Crippen LogP contribution in [0.5, 0.6) is 0 Å². The van der Waals surface area contributed by atoms with Gasteiger partial charge in [0.2, 0.25) is 0 Å². The fourth-order valence-electron chi connectivity index (χ4n) is 1.25. The van der Waals surface area contributed by atoms with Gasteiger partial charge in [-0.15, -0.1) is 0 Å². The van der Waals surface area contributed by atoms with E-state index in [1.807, 2.05) is 6.07 Å². The number of ketones is 1. The molecule has 82 valence electrons. The number of carbonyl (C=O) groups is 2. The Morgan fingerprint density at radius 3 is 2.50 bits per heavy atom. The summed E-state index contributed by atoms with van der Waals surface area (Å²) in [6, 6.07) is 10.3. The molecule has 0 saturated heterocycles. The first-order valence-electron chi connectivity index (χ1n) is 4.86. The standard InChI is InChI=1S/C12H11NO3/c1-2-16-12(15)11(14)10(8-13)9-6-4-3-5-7-9/h3-7,10H,2H2,1H3/t10-/m1/s1. The summed E-state index contributed by atoms with van der Waals surface area (Å²) < 4.78 is 4.57. The quantitative estimate of drug-likeness (QED) is 0.565. The molecule has 1 aromatic rings. The molecule has 1 aromatic carbocycles. The molecule has 0 aliphatic rings. The van der Waals surface area contributed by atoms with E-state index >= 15 is 0 Å². The fraction of sp³-hybridized carbons (Fsp3) is 0.250. The van der Waals surface area contributed by atoms with Gasteiger partial charge in [0.05, 0.1) is 12.7 Å². The van der Waals surface area contributed by atoms with Gasteiger partial charge in [-0.05, 0) is 12.5 Å². The minimum absolute atomic E-state index is 0.123. The molecule has 0 aromatic heterocycles. The van der Waals surface area contributed by atoms with Crippen molar-refractivity contribution in [2.24, 2.45) is 0 Å². The molecule has 0 N–H and O–H groups in total. The largest absolute Gasteiger partial charge is 0.460 e. The van der Waals surface area contributed by atoms with Crippen molar-refractivity contribution in [3.8, 4) is 6.07 Å². The minimum Gasteiger partial charge on any atom is -0.460 e. The molecule has 0 bridgehead atoms. The van der Waals surface area contributed by atoms with Crippen LogP contribution >= 0.6 is 0 Å². The zero-order chi connectivity index (χ0) is 12.0. The lowest BCUT2D eigenvalue weighted by Crippen LogP contribution is -2.23. The molecule has 0 radical (unpaired) electrons. The van der Waals surface area contributed by atoms with Crippen molar-refractivity contribution in [3.63, 3.8) is 0 Å². The van der Waals surface area contributed by atoms with Gasteiger partial charge in [0, 0.05) is 0 Å². The molecular weight excluding hydrogens is 206 g/mol. The molecule has 0 aliphatic heterocycles. The lowest BCUT2D eigenvalue weighted by atomic mass is 9.96. The van der Waals surface area contributed by atoms with Crippen molar-refractivity contribution in [2.75, 3.05) is 6.61 Å². The van der Waals surface area contributed by atoms with Gasteiger partial charge in [-0.2, -0.15) is 5.26 Å². The average molecular weight is 217 g/mol. The molecule has 0 heterocycles. The number of Topliss-reactive ketones (excluding diaryl/α,β-unsaturated/α-hetero) is 1. The lowest BCUT2D eigenvalue weighted by Gasteiger charge is -2.06. The van der Waals surface area contributed by atoms with Gasteiger partial charge < -0.3 is 4.74 Å². The summed E-state index contributed by atoms with van der Waals surface area (Å²) >= 11 is 0. The predicted octanol–water partition coefficient (Wildman–Crippen LogP) is 1.43. The molecule has 16 heavy (non-hydrogen) atoms. The summed E-state index contributed by atoms with van der Waals surface area (Å²) in [5, 5.41) is 8.89. The maximum Gasteiger partial charge on any atom is 0.376 e. The Hall–Kier alpha value is -2.15. The molecule has 4 heteroatoms.